The second-order valence-electron chi connectivity index (χ2n) is 4.67. The van der Waals surface area contributed by atoms with Crippen LogP contribution in [0.2, 0.25) is 0 Å². The van der Waals surface area contributed by atoms with E-state index in [0.29, 0.717) is 12.0 Å². The molecule has 5 heteroatoms. The van der Waals surface area contributed by atoms with Gasteiger partial charge in [-0.05, 0) is 13.5 Å². The van der Waals surface area contributed by atoms with Crippen LogP contribution in [0, 0.1) is 5.92 Å². The fourth-order valence-electron chi connectivity index (χ4n) is 2.46. The lowest BCUT2D eigenvalue weighted by molar-refractivity contribution is 0.165. The Morgan fingerprint density at radius 2 is 2.38 bits per heavy atom. The van der Waals surface area contributed by atoms with Crippen molar-refractivity contribution >= 4 is 6.03 Å². The van der Waals surface area contributed by atoms with Crippen molar-refractivity contribution in [3.8, 4) is 0 Å². The van der Waals surface area contributed by atoms with Crippen LogP contribution in [0.1, 0.15) is 6.42 Å². The summed E-state index contributed by atoms with van der Waals surface area (Å²) in [5.41, 5.74) is 0. The Labute approximate surface area is 96.7 Å². The quantitative estimate of drug-likeness (QED) is 0.734. The monoisotopic (exact) mass is 227 g/mol. The SMILES string of the molecule is CNC(CN1CCN(C)C1=O)C1CCOC1. The minimum atomic E-state index is 0.152. The van der Waals surface area contributed by atoms with Gasteiger partial charge in [0.15, 0.2) is 0 Å². The molecule has 5 nitrogen and oxygen atoms in total. The normalized spacial score (nSPS) is 27.9. The first-order valence-corrected chi connectivity index (χ1v) is 5.97. The van der Waals surface area contributed by atoms with E-state index in [1.54, 1.807) is 4.90 Å². The van der Waals surface area contributed by atoms with Crippen LogP contribution in [0.15, 0.2) is 0 Å². The third-order valence-corrected chi connectivity index (χ3v) is 3.62. The average Bonchev–Trinajstić information content (AvgIpc) is 2.90. The molecule has 2 rings (SSSR count). The smallest absolute Gasteiger partial charge is 0.319 e. The number of amides is 2. The van der Waals surface area contributed by atoms with Gasteiger partial charge in [0.25, 0.3) is 0 Å². The maximum Gasteiger partial charge on any atom is 0.319 e. The summed E-state index contributed by atoms with van der Waals surface area (Å²) in [5, 5.41) is 3.31. The van der Waals surface area contributed by atoms with Crippen LogP contribution in [0.4, 0.5) is 4.79 Å². The van der Waals surface area contributed by atoms with Gasteiger partial charge < -0.3 is 19.9 Å². The molecule has 92 valence electrons. The lowest BCUT2D eigenvalue weighted by Gasteiger charge is -2.27. The van der Waals surface area contributed by atoms with E-state index in [4.69, 9.17) is 4.74 Å². The van der Waals surface area contributed by atoms with Crippen molar-refractivity contribution in [3.63, 3.8) is 0 Å². The molecule has 16 heavy (non-hydrogen) atoms. The molecule has 2 fully saturated rings. The highest BCUT2D eigenvalue weighted by atomic mass is 16.5. The maximum atomic E-state index is 11.8. The van der Waals surface area contributed by atoms with E-state index in [0.717, 1.165) is 39.3 Å². The van der Waals surface area contributed by atoms with E-state index in [1.807, 2.05) is 19.0 Å². The predicted octanol–water partition coefficient (Wildman–Crippen LogP) is -0.0217. The van der Waals surface area contributed by atoms with Gasteiger partial charge in [-0.15, -0.1) is 0 Å². The Morgan fingerprint density at radius 1 is 1.56 bits per heavy atom. The maximum absolute atomic E-state index is 11.8. The van der Waals surface area contributed by atoms with Gasteiger partial charge in [-0.3, -0.25) is 0 Å². The number of ether oxygens (including phenoxy) is 1. The molecule has 2 aliphatic rings. The van der Waals surface area contributed by atoms with Gasteiger partial charge in [0.2, 0.25) is 0 Å². The van der Waals surface area contributed by atoms with Crippen LogP contribution in [0.5, 0.6) is 0 Å². The molecule has 1 N–H and O–H groups in total. The second kappa shape index (κ2) is 5.01. The lowest BCUT2D eigenvalue weighted by atomic mass is 9.99. The Hall–Kier alpha value is -0.810. The van der Waals surface area contributed by atoms with E-state index < -0.39 is 0 Å². The van der Waals surface area contributed by atoms with Gasteiger partial charge in [0, 0.05) is 45.2 Å². The summed E-state index contributed by atoms with van der Waals surface area (Å²) in [6.45, 7) is 4.17. The molecule has 0 aromatic heterocycles. The molecular formula is C11H21N3O2. The van der Waals surface area contributed by atoms with E-state index >= 15 is 0 Å². The predicted molar refractivity (Wildman–Crippen MR) is 61.4 cm³/mol. The van der Waals surface area contributed by atoms with Crippen molar-refractivity contribution in [1.29, 1.82) is 0 Å². The van der Waals surface area contributed by atoms with Crippen LogP contribution >= 0.6 is 0 Å². The Kier molecular flexibility index (Phi) is 3.66. The summed E-state index contributed by atoms with van der Waals surface area (Å²) >= 11 is 0. The fraction of sp³-hybridized carbons (Fsp3) is 0.909. The van der Waals surface area contributed by atoms with Crippen molar-refractivity contribution in [3.05, 3.63) is 0 Å². The molecule has 0 saturated carbocycles. The first kappa shape index (κ1) is 11.7. The summed E-state index contributed by atoms with van der Waals surface area (Å²) in [4.78, 5) is 15.5. The van der Waals surface area contributed by atoms with Crippen molar-refractivity contribution in [2.45, 2.75) is 12.5 Å². The molecule has 0 bridgehead atoms. The zero-order valence-electron chi connectivity index (χ0n) is 10.1. The summed E-state index contributed by atoms with van der Waals surface area (Å²) in [6, 6.07) is 0.511. The molecule has 2 unspecified atom stereocenters. The van der Waals surface area contributed by atoms with E-state index in [1.165, 1.54) is 0 Å². The number of urea groups is 1. The van der Waals surface area contributed by atoms with Crippen LogP contribution in [-0.4, -0.2) is 68.8 Å². The molecule has 2 heterocycles. The van der Waals surface area contributed by atoms with Gasteiger partial charge in [0.1, 0.15) is 0 Å². The van der Waals surface area contributed by atoms with E-state index in [9.17, 15) is 4.79 Å². The number of carbonyl (C=O) groups is 1. The zero-order valence-corrected chi connectivity index (χ0v) is 10.1. The minimum absolute atomic E-state index is 0.152. The molecule has 2 atom stereocenters. The molecule has 2 amide bonds. The third-order valence-electron chi connectivity index (χ3n) is 3.62. The van der Waals surface area contributed by atoms with E-state index in [2.05, 4.69) is 5.32 Å². The molecule has 2 saturated heterocycles. The van der Waals surface area contributed by atoms with Crippen molar-refractivity contribution < 1.29 is 9.53 Å². The summed E-state index contributed by atoms with van der Waals surface area (Å²) in [6.07, 6.45) is 1.10. The highest BCUT2D eigenvalue weighted by Gasteiger charge is 2.31. The average molecular weight is 227 g/mol. The van der Waals surface area contributed by atoms with Crippen LogP contribution in [0.3, 0.4) is 0 Å². The number of hydrogen-bond acceptors (Lipinski definition) is 3. The largest absolute Gasteiger partial charge is 0.381 e. The van der Waals surface area contributed by atoms with Gasteiger partial charge in [-0.2, -0.15) is 0 Å². The summed E-state index contributed by atoms with van der Waals surface area (Å²) < 4.78 is 5.40. The standard InChI is InChI=1S/C11H21N3O2/c1-12-10(9-3-6-16-8-9)7-14-5-4-13(2)11(14)15/h9-10,12H,3-8H2,1-2H3. The number of nitrogens with zero attached hydrogens (tertiary/aromatic N) is 2. The first-order valence-electron chi connectivity index (χ1n) is 5.97. The number of hydrogen-bond donors (Lipinski definition) is 1. The second-order valence-corrected chi connectivity index (χ2v) is 4.67. The third kappa shape index (κ3) is 2.30. The minimum Gasteiger partial charge on any atom is -0.381 e. The lowest BCUT2D eigenvalue weighted by Crippen LogP contribution is -2.45. The van der Waals surface area contributed by atoms with E-state index in [-0.39, 0.29) is 6.03 Å². The van der Waals surface area contributed by atoms with Crippen molar-refractivity contribution in [2.24, 2.45) is 5.92 Å². The van der Waals surface area contributed by atoms with Crippen LogP contribution in [0.25, 0.3) is 0 Å². The number of rotatable bonds is 4. The van der Waals surface area contributed by atoms with Crippen molar-refractivity contribution in [1.82, 2.24) is 15.1 Å². The van der Waals surface area contributed by atoms with Crippen LogP contribution < -0.4 is 5.32 Å². The number of likely N-dealkylation sites (N-methyl/N-ethyl adjacent to an activating group) is 2. The summed E-state index contributed by atoms with van der Waals surface area (Å²) in [5.74, 6) is 0.545. The molecule has 0 aromatic rings. The summed E-state index contributed by atoms with van der Waals surface area (Å²) in [7, 11) is 3.82. The van der Waals surface area contributed by atoms with Gasteiger partial charge in [0.05, 0.1) is 6.61 Å². The highest BCUT2D eigenvalue weighted by Crippen LogP contribution is 2.18. The molecule has 2 aliphatic heterocycles. The fourth-order valence-corrected chi connectivity index (χ4v) is 2.46. The Bertz CT molecular complexity index is 254. The molecule has 0 spiro atoms. The molecule has 0 aromatic carbocycles. The Morgan fingerprint density at radius 3 is 2.88 bits per heavy atom. The van der Waals surface area contributed by atoms with Gasteiger partial charge in [-0.25, -0.2) is 4.79 Å². The molecule has 0 aliphatic carbocycles. The van der Waals surface area contributed by atoms with Gasteiger partial charge >= 0.3 is 6.03 Å². The van der Waals surface area contributed by atoms with Gasteiger partial charge in [-0.1, -0.05) is 0 Å². The van der Waals surface area contributed by atoms with Crippen LogP contribution in [-0.2, 0) is 4.74 Å². The first-order chi connectivity index (χ1) is 7.72. The molecule has 0 radical (unpaired) electrons. The Balaban J connectivity index is 1.88. The number of nitrogens with one attached hydrogen (secondary N) is 1. The zero-order chi connectivity index (χ0) is 11.5. The number of carbonyl (C=O) groups excluding carboxylic acids is 1. The molecular weight excluding hydrogens is 206 g/mol. The van der Waals surface area contributed by atoms with Crippen molar-refractivity contribution in [2.75, 3.05) is 46.9 Å². The highest BCUT2D eigenvalue weighted by molar-refractivity contribution is 5.76. The topological polar surface area (TPSA) is 44.8 Å².